The highest BCUT2D eigenvalue weighted by Gasteiger charge is 2.18. The number of hydrogen-bond donors (Lipinski definition) is 1. The molecule has 110 valence electrons. The lowest BCUT2D eigenvalue weighted by atomic mass is 10.1. The van der Waals surface area contributed by atoms with Crippen LogP contribution in [0.15, 0.2) is 31.1 Å². The normalized spacial score (nSPS) is 12.9. The Hall–Kier alpha value is -2.28. The van der Waals surface area contributed by atoms with Crippen LogP contribution in [0.5, 0.6) is 0 Å². The van der Waals surface area contributed by atoms with Crippen LogP contribution in [-0.4, -0.2) is 35.9 Å². The highest BCUT2D eigenvalue weighted by molar-refractivity contribution is 5.53. The van der Waals surface area contributed by atoms with Crippen molar-refractivity contribution in [2.75, 3.05) is 6.54 Å². The third-order valence-corrected chi connectivity index (χ3v) is 3.56. The molecule has 0 bridgehead atoms. The number of nitrogens with zero attached hydrogens (tertiary/aromatic N) is 6. The van der Waals surface area contributed by atoms with Crippen LogP contribution in [0, 0.1) is 0 Å². The first-order chi connectivity index (χ1) is 10.3. The van der Waals surface area contributed by atoms with Crippen molar-refractivity contribution in [1.29, 1.82) is 0 Å². The third-order valence-electron chi connectivity index (χ3n) is 3.56. The Labute approximate surface area is 123 Å². The maximum atomic E-state index is 4.39. The zero-order valence-corrected chi connectivity index (χ0v) is 12.3. The van der Waals surface area contributed by atoms with Crippen LogP contribution in [0.4, 0.5) is 0 Å². The molecule has 7 heteroatoms. The van der Waals surface area contributed by atoms with Gasteiger partial charge in [-0.1, -0.05) is 6.92 Å². The van der Waals surface area contributed by atoms with Gasteiger partial charge in [0.05, 0.1) is 17.9 Å². The monoisotopic (exact) mass is 285 g/mol. The lowest BCUT2D eigenvalue weighted by Gasteiger charge is -2.16. The second-order valence-corrected chi connectivity index (χ2v) is 4.81. The third kappa shape index (κ3) is 2.64. The number of nitrogens with one attached hydrogen (secondary N) is 1. The van der Waals surface area contributed by atoms with E-state index >= 15 is 0 Å². The molecule has 3 rings (SSSR count). The molecular weight excluding hydrogens is 266 g/mol. The molecule has 7 nitrogen and oxygen atoms in total. The minimum absolute atomic E-state index is 0.145. The highest BCUT2D eigenvalue weighted by atomic mass is 15.3. The fraction of sp³-hybridized carbons (Fsp3) is 0.429. The summed E-state index contributed by atoms with van der Waals surface area (Å²) in [5.41, 5.74) is 2.15. The summed E-state index contributed by atoms with van der Waals surface area (Å²) in [7, 11) is 0. The van der Waals surface area contributed by atoms with Crippen LogP contribution in [0.1, 0.15) is 31.3 Å². The predicted octanol–water partition coefficient (Wildman–Crippen LogP) is 1.23. The Morgan fingerprint density at radius 1 is 1.24 bits per heavy atom. The molecular formula is C14H19N7. The van der Waals surface area contributed by atoms with E-state index in [1.165, 1.54) is 0 Å². The molecule has 0 radical (unpaired) electrons. The largest absolute Gasteiger partial charge is 0.310 e. The number of hydrogen-bond acceptors (Lipinski definition) is 5. The fourth-order valence-electron chi connectivity index (χ4n) is 2.55. The Kier molecular flexibility index (Phi) is 3.92. The van der Waals surface area contributed by atoms with E-state index in [0.717, 1.165) is 36.4 Å². The van der Waals surface area contributed by atoms with Crippen molar-refractivity contribution in [3.63, 3.8) is 0 Å². The molecule has 0 aliphatic carbocycles. The lowest BCUT2D eigenvalue weighted by Crippen LogP contribution is -2.24. The Morgan fingerprint density at radius 3 is 2.95 bits per heavy atom. The SMILES string of the molecule is CCNC(Cc1ncnn1CC)c1cnn2ccncc12. The second-order valence-electron chi connectivity index (χ2n) is 4.81. The maximum absolute atomic E-state index is 4.39. The smallest absolute Gasteiger partial charge is 0.138 e. The molecule has 0 saturated heterocycles. The second kappa shape index (κ2) is 6.01. The topological polar surface area (TPSA) is 72.9 Å². The van der Waals surface area contributed by atoms with Gasteiger partial charge in [0.15, 0.2) is 0 Å². The van der Waals surface area contributed by atoms with Crippen LogP contribution in [-0.2, 0) is 13.0 Å². The van der Waals surface area contributed by atoms with E-state index in [-0.39, 0.29) is 6.04 Å². The molecule has 0 fully saturated rings. The van der Waals surface area contributed by atoms with Gasteiger partial charge in [0.1, 0.15) is 12.2 Å². The lowest BCUT2D eigenvalue weighted by molar-refractivity contribution is 0.512. The maximum Gasteiger partial charge on any atom is 0.138 e. The highest BCUT2D eigenvalue weighted by Crippen LogP contribution is 2.21. The Morgan fingerprint density at radius 2 is 2.14 bits per heavy atom. The predicted molar refractivity (Wildman–Crippen MR) is 78.8 cm³/mol. The molecule has 1 atom stereocenters. The van der Waals surface area contributed by atoms with Gasteiger partial charge in [0, 0.05) is 37.0 Å². The molecule has 0 aliphatic rings. The van der Waals surface area contributed by atoms with Gasteiger partial charge in [0.25, 0.3) is 0 Å². The van der Waals surface area contributed by atoms with E-state index in [1.807, 2.05) is 27.8 Å². The number of aryl methyl sites for hydroxylation is 1. The minimum atomic E-state index is 0.145. The molecule has 21 heavy (non-hydrogen) atoms. The zero-order valence-electron chi connectivity index (χ0n) is 12.3. The molecule has 0 amide bonds. The average Bonchev–Trinajstić information content (AvgIpc) is 3.12. The average molecular weight is 285 g/mol. The molecule has 1 unspecified atom stereocenters. The molecule has 3 heterocycles. The van der Waals surface area contributed by atoms with Gasteiger partial charge in [-0.15, -0.1) is 0 Å². The number of likely N-dealkylation sites (N-methyl/N-ethyl adjacent to an activating group) is 1. The van der Waals surface area contributed by atoms with Crippen molar-refractivity contribution in [2.24, 2.45) is 0 Å². The molecule has 0 aliphatic heterocycles. The first-order valence-electron chi connectivity index (χ1n) is 7.20. The van der Waals surface area contributed by atoms with Gasteiger partial charge < -0.3 is 5.32 Å². The summed E-state index contributed by atoms with van der Waals surface area (Å²) in [5.74, 6) is 0.978. The van der Waals surface area contributed by atoms with Crippen LogP contribution < -0.4 is 5.32 Å². The summed E-state index contributed by atoms with van der Waals surface area (Å²) in [6.07, 6.45) is 9.72. The van der Waals surface area contributed by atoms with Gasteiger partial charge in [-0.3, -0.25) is 9.67 Å². The van der Waals surface area contributed by atoms with Gasteiger partial charge in [0.2, 0.25) is 0 Å². The van der Waals surface area contributed by atoms with Crippen molar-refractivity contribution in [3.8, 4) is 0 Å². The molecule has 1 N–H and O–H groups in total. The van der Waals surface area contributed by atoms with E-state index in [9.17, 15) is 0 Å². The Bertz CT molecular complexity index is 715. The van der Waals surface area contributed by atoms with Crippen molar-refractivity contribution in [1.82, 2.24) is 34.7 Å². The first-order valence-corrected chi connectivity index (χ1v) is 7.20. The molecule has 3 aromatic heterocycles. The van der Waals surface area contributed by atoms with Crippen LogP contribution >= 0.6 is 0 Å². The van der Waals surface area contributed by atoms with E-state index in [2.05, 4.69) is 39.3 Å². The van der Waals surface area contributed by atoms with Gasteiger partial charge >= 0.3 is 0 Å². The molecule has 0 spiro atoms. The number of fused-ring (bicyclic) bond motifs is 1. The Balaban J connectivity index is 1.94. The van der Waals surface area contributed by atoms with Gasteiger partial charge in [-0.2, -0.15) is 10.2 Å². The van der Waals surface area contributed by atoms with Crippen LogP contribution in [0.3, 0.4) is 0 Å². The summed E-state index contributed by atoms with van der Waals surface area (Å²) in [5, 5.41) is 12.1. The molecule has 0 saturated carbocycles. The standard InChI is InChI=1S/C14H19N7/c1-3-16-12(7-14-17-10-19-20(14)4-2)11-8-18-21-6-5-15-9-13(11)21/h5-6,8-10,12,16H,3-4,7H2,1-2H3. The first kappa shape index (κ1) is 13.7. The van der Waals surface area contributed by atoms with E-state index < -0.39 is 0 Å². The summed E-state index contributed by atoms with van der Waals surface area (Å²) in [6, 6.07) is 0.145. The summed E-state index contributed by atoms with van der Waals surface area (Å²) in [4.78, 5) is 8.57. The van der Waals surface area contributed by atoms with E-state index in [1.54, 1.807) is 12.5 Å². The van der Waals surface area contributed by atoms with Crippen LogP contribution in [0.2, 0.25) is 0 Å². The van der Waals surface area contributed by atoms with E-state index in [0.29, 0.717) is 0 Å². The quantitative estimate of drug-likeness (QED) is 0.737. The zero-order chi connectivity index (χ0) is 14.7. The van der Waals surface area contributed by atoms with Crippen molar-refractivity contribution in [2.45, 2.75) is 32.9 Å². The van der Waals surface area contributed by atoms with Gasteiger partial charge in [-0.05, 0) is 13.5 Å². The summed E-state index contributed by atoms with van der Waals surface area (Å²) < 4.78 is 3.77. The molecule has 3 aromatic rings. The van der Waals surface area contributed by atoms with Crippen molar-refractivity contribution in [3.05, 3.63) is 42.5 Å². The van der Waals surface area contributed by atoms with Crippen molar-refractivity contribution >= 4 is 5.52 Å². The summed E-state index contributed by atoms with van der Waals surface area (Å²) in [6.45, 7) is 5.87. The van der Waals surface area contributed by atoms with Gasteiger partial charge in [-0.25, -0.2) is 9.50 Å². The minimum Gasteiger partial charge on any atom is -0.310 e. The van der Waals surface area contributed by atoms with Crippen molar-refractivity contribution < 1.29 is 0 Å². The van der Waals surface area contributed by atoms with Crippen LogP contribution in [0.25, 0.3) is 5.52 Å². The van der Waals surface area contributed by atoms with E-state index in [4.69, 9.17) is 0 Å². The summed E-state index contributed by atoms with van der Waals surface area (Å²) >= 11 is 0. The number of aromatic nitrogens is 6. The fourth-order valence-corrected chi connectivity index (χ4v) is 2.55. The number of rotatable bonds is 6. The molecule has 0 aromatic carbocycles.